The SMILES string of the molecule is CCCC1(CN2CCN(c3nccs3)CC2)CCNCC1. The van der Waals surface area contributed by atoms with Crippen molar-refractivity contribution in [2.75, 3.05) is 50.7 Å². The van der Waals surface area contributed by atoms with Gasteiger partial charge in [0.25, 0.3) is 0 Å². The number of nitrogens with zero attached hydrogens (tertiary/aromatic N) is 3. The maximum absolute atomic E-state index is 4.44. The molecule has 2 aliphatic heterocycles. The lowest BCUT2D eigenvalue weighted by Gasteiger charge is -2.44. The summed E-state index contributed by atoms with van der Waals surface area (Å²) in [7, 11) is 0. The van der Waals surface area contributed by atoms with Crippen molar-refractivity contribution < 1.29 is 0 Å². The quantitative estimate of drug-likeness (QED) is 0.905. The smallest absolute Gasteiger partial charge is 0.185 e. The number of piperazine rings is 1. The Morgan fingerprint density at radius 1 is 1.24 bits per heavy atom. The molecule has 3 rings (SSSR count). The van der Waals surface area contributed by atoms with Gasteiger partial charge in [-0.1, -0.05) is 13.3 Å². The molecule has 0 aliphatic carbocycles. The van der Waals surface area contributed by atoms with Gasteiger partial charge in [-0.05, 0) is 37.8 Å². The van der Waals surface area contributed by atoms with Gasteiger partial charge in [-0.2, -0.15) is 0 Å². The van der Waals surface area contributed by atoms with Crippen LogP contribution in [0.1, 0.15) is 32.6 Å². The van der Waals surface area contributed by atoms with Crippen LogP contribution in [0.2, 0.25) is 0 Å². The number of piperidine rings is 1. The van der Waals surface area contributed by atoms with Crippen LogP contribution in [-0.2, 0) is 0 Å². The third-order valence-corrected chi connectivity index (χ3v) is 5.90. The molecule has 0 atom stereocenters. The van der Waals surface area contributed by atoms with Crippen LogP contribution in [0.3, 0.4) is 0 Å². The highest BCUT2D eigenvalue weighted by atomic mass is 32.1. The Morgan fingerprint density at radius 3 is 2.62 bits per heavy atom. The molecule has 0 bridgehead atoms. The van der Waals surface area contributed by atoms with Gasteiger partial charge in [-0.15, -0.1) is 11.3 Å². The maximum atomic E-state index is 4.44. The van der Waals surface area contributed by atoms with Crippen LogP contribution in [0.15, 0.2) is 11.6 Å². The van der Waals surface area contributed by atoms with Crippen molar-refractivity contribution in [3.05, 3.63) is 11.6 Å². The van der Waals surface area contributed by atoms with Crippen molar-refractivity contribution in [2.24, 2.45) is 5.41 Å². The van der Waals surface area contributed by atoms with E-state index in [1.165, 1.54) is 63.5 Å². The highest BCUT2D eigenvalue weighted by Crippen LogP contribution is 2.35. The summed E-state index contributed by atoms with van der Waals surface area (Å²) in [5, 5.41) is 6.80. The molecule has 1 N–H and O–H groups in total. The number of aromatic nitrogens is 1. The zero-order valence-corrected chi connectivity index (χ0v) is 14.0. The molecule has 3 heterocycles. The Hall–Kier alpha value is -0.650. The van der Waals surface area contributed by atoms with Gasteiger partial charge >= 0.3 is 0 Å². The van der Waals surface area contributed by atoms with E-state index < -0.39 is 0 Å². The molecule has 118 valence electrons. The zero-order valence-electron chi connectivity index (χ0n) is 13.2. The van der Waals surface area contributed by atoms with Crippen molar-refractivity contribution in [1.82, 2.24) is 15.2 Å². The van der Waals surface area contributed by atoms with Crippen LogP contribution in [0.25, 0.3) is 0 Å². The van der Waals surface area contributed by atoms with Crippen molar-refractivity contribution in [3.8, 4) is 0 Å². The summed E-state index contributed by atoms with van der Waals surface area (Å²) < 4.78 is 0. The first-order valence-corrected chi connectivity index (χ1v) is 9.27. The minimum Gasteiger partial charge on any atom is -0.346 e. The summed E-state index contributed by atoms with van der Waals surface area (Å²) in [6, 6.07) is 0. The molecule has 1 aromatic rings. The monoisotopic (exact) mass is 308 g/mol. The average Bonchev–Trinajstić information content (AvgIpc) is 3.03. The van der Waals surface area contributed by atoms with E-state index in [1.54, 1.807) is 11.3 Å². The number of rotatable bonds is 5. The molecule has 0 amide bonds. The second-order valence-electron chi connectivity index (χ2n) is 6.58. The lowest BCUT2D eigenvalue weighted by molar-refractivity contribution is 0.0968. The molecular weight excluding hydrogens is 280 g/mol. The molecule has 5 heteroatoms. The minimum absolute atomic E-state index is 0.573. The predicted octanol–water partition coefficient (Wildman–Crippen LogP) is 2.44. The normalized spacial score (nSPS) is 23.4. The van der Waals surface area contributed by atoms with Crippen LogP contribution in [-0.4, -0.2) is 55.7 Å². The van der Waals surface area contributed by atoms with Gasteiger partial charge in [0.2, 0.25) is 0 Å². The van der Waals surface area contributed by atoms with Crippen LogP contribution < -0.4 is 10.2 Å². The Kier molecular flexibility index (Phi) is 5.14. The highest BCUT2D eigenvalue weighted by molar-refractivity contribution is 7.13. The predicted molar refractivity (Wildman–Crippen MR) is 90.2 cm³/mol. The van der Waals surface area contributed by atoms with Gasteiger partial charge < -0.3 is 10.2 Å². The summed E-state index contributed by atoms with van der Waals surface area (Å²) in [6.45, 7) is 10.7. The maximum Gasteiger partial charge on any atom is 0.185 e. The fourth-order valence-electron chi connectivity index (χ4n) is 3.92. The second-order valence-corrected chi connectivity index (χ2v) is 7.45. The van der Waals surface area contributed by atoms with Gasteiger partial charge in [0.1, 0.15) is 0 Å². The standard InChI is InChI=1S/C16H28N4S/c1-2-3-16(4-6-17-7-5-16)14-19-9-11-20(12-10-19)15-18-8-13-21-15/h8,13,17H,2-7,9-12,14H2,1H3. The topological polar surface area (TPSA) is 31.4 Å². The Morgan fingerprint density at radius 2 is 2.00 bits per heavy atom. The van der Waals surface area contributed by atoms with Gasteiger partial charge in [-0.25, -0.2) is 4.98 Å². The molecule has 2 fully saturated rings. The van der Waals surface area contributed by atoms with E-state index in [1.807, 2.05) is 6.20 Å². The molecule has 1 aromatic heterocycles. The highest BCUT2D eigenvalue weighted by Gasteiger charge is 2.34. The van der Waals surface area contributed by atoms with Crippen LogP contribution >= 0.6 is 11.3 Å². The van der Waals surface area contributed by atoms with Crippen molar-refractivity contribution in [2.45, 2.75) is 32.6 Å². The molecule has 0 aromatic carbocycles. The van der Waals surface area contributed by atoms with Gasteiger partial charge in [-0.3, -0.25) is 4.90 Å². The third kappa shape index (κ3) is 3.76. The van der Waals surface area contributed by atoms with Crippen molar-refractivity contribution >= 4 is 16.5 Å². The molecule has 0 unspecified atom stereocenters. The lowest BCUT2D eigenvalue weighted by Crippen LogP contribution is -2.51. The Balaban J connectivity index is 1.53. The van der Waals surface area contributed by atoms with E-state index in [0.717, 1.165) is 13.1 Å². The fraction of sp³-hybridized carbons (Fsp3) is 0.812. The number of anilines is 1. The first-order valence-electron chi connectivity index (χ1n) is 8.39. The van der Waals surface area contributed by atoms with E-state index in [9.17, 15) is 0 Å². The summed E-state index contributed by atoms with van der Waals surface area (Å²) in [4.78, 5) is 9.58. The summed E-state index contributed by atoms with van der Waals surface area (Å²) in [5.74, 6) is 0. The number of thiazole rings is 1. The van der Waals surface area contributed by atoms with Crippen LogP contribution in [0.5, 0.6) is 0 Å². The van der Waals surface area contributed by atoms with Crippen molar-refractivity contribution in [3.63, 3.8) is 0 Å². The first kappa shape index (κ1) is 15.3. The summed E-state index contributed by atoms with van der Waals surface area (Å²) in [6.07, 6.45) is 7.33. The average molecular weight is 308 g/mol. The third-order valence-electron chi connectivity index (χ3n) is 5.07. The Labute approximate surface area is 132 Å². The zero-order chi connectivity index (χ0) is 14.5. The first-order chi connectivity index (χ1) is 10.3. The molecular formula is C16H28N4S. The van der Waals surface area contributed by atoms with Gasteiger partial charge in [0, 0.05) is 44.3 Å². The molecule has 2 saturated heterocycles. The summed E-state index contributed by atoms with van der Waals surface area (Å²) in [5.41, 5.74) is 0.573. The fourth-order valence-corrected chi connectivity index (χ4v) is 4.62. The van der Waals surface area contributed by atoms with Crippen molar-refractivity contribution in [1.29, 1.82) is 0 Å². The molecule has 21 heavy (non-hydrogen) atoms. The molecule has 0 radical (unpaired) electrons. The number of nitrogens with one attached hydrogen (secondary N) is 1. The van der Waals surface area contributed by atoms with Crippen LogP contribution in [0.4, 0.5) is 5.13 Å². The number of hydrogen-bond donors (Lipinski definition) is 1. The second kappa shape index (κ2) is 7.07. The molecule has 4 nitrogen and oxygen atoms in total. The largest absolute Gasteiger partial charge is 0.346 e. The summed E-state index contributed by atoms with van der Waals surface area (Å²) >= 11 is 1.76. The van der Waals surface area contributed by atoms with Gasteiger partial charge in [0.05, 0.1) is 0 Å². The molecule has 0 spiro atoms. The van der Waals surface area contributed by atoms with E-state index in [0.29, 0.717) is 5.41 Å². The van der Waals surface area contributed by atoms with Gasteiger partial charge in [0.15, 0.2) is 5.13 Å². The number of hydrogen-bond acceptors (Lipinski definition) is 5. The minimum atomic E-state index is 0.573. The molecule has 2 aliphatic rings. The van der Waals surface area contributed by atoms with E-state index in [-0.39, 0.29) is 0 Å². The van der Waals surface area contributed by atoms with E-state index in [4.69, 9.17) is 0 Å². The van der Waals surface area contributed by atoms with E-state index >= 15 is 0 Å². The Bertz CT molecular complexity index is 400. The van der Waals surface area contributed by atoms with Crippen LogP contribution in [0, 0.1) is 5.41 Å². The molecule has 0 saturated carbocycles. The van der Waals surface area contributed by atoms with E-state index in [2.05, 4.69) is 32.4 Å². The lowest BCUT2D eigenvalue weighted by atomic mass is 9.75.